The molecule has 0 atom stereocenters. The monoisotopic (exact) mass is 490 g/mol. The van der Waals surface area contributed by atoms with E-state index in [0.29, 0.717) is 24.0 Å². The SMILES string of the molecule is CC(C)c1cccc(OCc2nnc([C@H]3CC[C@H](NC(=O)c4ccc(CN(C)C)nc4)CC3)n2C)c1. The minimum absolute atomic E-state index is 0.0537. The summed E-state index contributed by atoms with van der Waals surface area (Å²) in [5.74, 6) is 3.41. The smallest absolute Gasteiger partial charge is 0.253 e. The lowest BCUT2D eigenvalue weighted by atomic mass is 9.85. The summed E-state index contributed by atoms with van der Waals surface area (Å²) in [6, 6.07) is 12.2. The second-order valence-corrected chi connectivity index (χ2v) is 10.3. The molecule has 0 saturated heterocycles. The summed E-state index contributed by atoms with van der Waals surface area (Å²) in [6.45, 7) is 5.50. The lowest BCUT2D eigenvalue weighted by Gasteiger charge is -2.28. The summed E-state index contributed by atoms with van der Waals surface area (Å²) in [5, 5.41) is 12.1. The molecule has 0 unspecified atom stereocenters. The highest BCUT2D eigenvalue weighted by molar-refractivity contribution is 5.94. The van der Waals surface area contributed by atoms with E-state index in [2.05, 4.69) is 55.9 Å². The molecule has 2 aromatic heterocycles. The Morgan fingerprint density at radius 1 is 1.14 bits per heavy atom. The minimum atomic E-state index is -0.0537. The fourth-order valence-corrected chi connectivity index (χ4v) is 4.71. The van der Waals surface area contributed by atoms with Crippen molar-refractivity contribution in [3.8, 4) is 5.75 Å². The first-order chi connectivity index (χ1) is 17.3. The number of hydrogen-bond donors (Lipinski definition) is 1. The molecule has 1 aromatic carbocycles. The van der Waals surface area contributed by atoms with Gasteiger partial charge in [0.25, 0.3) is 5.91 Å². The molecular weight excluding hydrogens is 452 g/mol. The van der Waals surface area contributed by atoms with Crippen LogP contribution >= 0.6 is 0 Å². The number of carbonyl (C=O) groups excluding carboxylic acids is 1. The van der Waals surface area contributed by atoms with E-state index in [4.69, 9.17) is 4.74 Å². The number of nitrogens with zero attached hydrogens (tertiary/aromatic N) is 5. The second kappa shape index (κ2) is 11.6. The van der Waals surface area contributed by atoms with Crippen LogP contribution in [0, 0.1) is 0 Å². The first-order valence-electron chi connectivity index (χ1n) is 12.8. The normalized spacial score (nSPS) is 18.0. The van der Waals surface area contributed by atoms with Crippen LogP contribution in [-0.2, 0) is 20.2 Å². The Labute approximate surface area is 214 Å². The van der Waals surface area contributed by atoms with Crippen LogP contribution < -0.4 is 10.1 Å². The molecule has 8 nitrogen and oxygen atoms in total. The molecule has 192 valence electrons. The molecule has 36 heavy (non-hydrogen) atoms. The Morgan fingerprint density at radius 3 is 2.58 bits per heavy atom. The second-order valence-electron chi connectivity index (χ2n) is 10.3. The molecule has 0 radical (unpaired) electrons. The van der Waals surface area contributed by atoms with Crippen molar-refractivity contribution in [2.24, 2.45) is 7.05 Å². The number of rotatable bonds is 9. The molecular formula is C28H38N6O2. The van der Waals surface area contributed by atoms with E-state index in [1.54, 1.807) is 6.20 Å². The molecule has 1 amide bonds. The molecule has 0 aliphatic heterocycles. The summed E-state index contributed by atoms with van der Waals surface area (Å²) < 4.78 is 8.08. The van der Waals surface area contributed by atoms with Gasteiger partial charge in [0.2, 0.25) is 0 Å². The third kappa shape index (κ3) is 6.49. The van der Waals surface area contributed by atoms with Crippen molar-refractivity contribution in [2.45, 2.75) is 70.6 Å². The van der Waals surface area contributed by atoms with Crippen LogP contribution in [0.1, 0.15) is 84.6 Å². The number of benzene rings is 1. The van der Waals surface area contributed by atoms with Crippen LogP contribution in [-0.4, -0.2) is 50.7 Å². The molecule has 0 bridgehead atoms. The first-order valence-corrected chi connectivity index (χ1v) is 12.8. The van der Waals surface area contributed by atoms with Crippen molar-refractivity contribution in [3.63, 3.8) is 0 Å². The van der Waals surface area contributed by atoms with Crippen LogP contribution in [0.4, 0.5) is 0 Å². The van der Waals surface area contributed by atoms with Gasteiger partial charge < -0.3 is 19.5 Å². The van der Waals surface area contributed by atoms with Gasteiger partial charge in [-0.1, -0.05) is 26.0 Å². The number of hydrogen-bond acceptors (Lipinski definition) is 6. The first kappa shape index (κ1) is 25.8. The zero-order chi connectivity index (χ0) is 25.7. The maximum Gasteiger partial charge on any atom is 0.253 e. The number of carbonyl (C=O) groups is 1. The molecule has 8 heteroatoms. The number of aromatic nitrogens is 4. The lowest BCUT2D eigenvalue weighted by Crippen LogP contribution is -2.37. The van der Waals surface area contributed by atoms with Crippen molar-refractivity contribution in [3.05, 3.63) is 71.1 Å². The quantitative estimate of drug-likeness (QED) is 0.478. The maximum absolute atomic E-state index is 12.7. The molecule has 1 N–H and O–H groups in total. The van der Waals surface area contributed by atoms with E-state index >= 15 is 0 Å². The van der Waals surface area contributed by atoms with Gasteiger partial charge in [0.1, 0.15) is 18.2 Å². The van der Waals surface area contributed by atoms with E-state index in [1.807, 2.05) is 45.4 Å². The predicted molar refractivity (Wildman–Crippen MR) is 140 cm³/mol. The van der Waals surface area contributed by atoms with Gasteiger partial charge >= 0.3 is 0 Å². The molecule has 1 aliphatic rings. The Kier molecular flexibility index (Phi) is 8.36. The fourth-order valence-electron chi connectivity index (χ4n) is 4.71. The fraction of sp³-hybridized carbons (Fsp3) is 0.500. The van der Waals surface area contributed by atoms with Crippen molar-refractivity contribution >= 4 is 5.91 Å². The van der Waals surface area contributed by atoms with Gasteiger partial charge in [0, 0.05) is 31.7 Å². The molecule has 4 rings (SSSR count). The van der Waals surface area contributed by atoms with Crippen LogP contribution in [0.3, 0.4) is 0 Å². The van der Waals surface area contributed by atoms with Crippen molar-refractivity contribution in [1.82, 2.24) is 30.0 Å². The number of nitrogens with one attached hydrogen (secondary N) is 1. The average molecular weight is 491 g/mol. The topological polar surface area (TPSA) is 85.2 Å². The van der Waals surface area contributed by atoms with Gasteiger partial charge in [-0.05, 0) is 75.5 Å². The van der Waals surface area contributed by atoms with Gasteiger partial charge in [0.15, 0.2) is 5.82 Å². The third-order valence-corrected chi connectivity index (χ3v) is 6.88. The summed E-state index contributed by atoms with van der Waals surface area (Å²) >= 11 is 0. The molecule has 1 saturated carbocycles. The van der Waals surface area contributed by atoms with Crippen LogP contribution in [0.2, 0.25) is 0 Å². The maximum atomic E-state index is 12.7. The van der Waals surface area contributed by atoms with Gasteiger partial charge in [0.05, 0.1) is 11.3 Å². The highest BCUT2D eigenvalue weighted by atomic mass is 16.5. The predicted octanol–water partition coefficient (Wildman–Crippen LogP) is 4.43. The van der Waals surface area contributed by atoms with Gasteiger partial charge in [-0.3, -0.25) is 9.78 Å². The van der Waals surface area contributed by atoms with Crippen LogP contribution in [0.25, 0.3) is 0 Å². The summed E-state index contributed by atoms with van der Waals surface area (Å²) in [7, 11) is 6.02. The average Bonchev–Trinajstić information content (AvgIpc) is 3.23. The van der Waals surface area contributed by atoms with Crippen molar-refractivity contribution in [1.29, 1.82) is 0 Å². The van der Waals surface area contributed by atoms with Gasteiger partial charge in [-0.25, -0.2) is 0 Å². The zero-order valence-corrected chi connectivity index (χ0v) is 22.1. The summed E-state index contributed by atoms with van der Waals surface area (Å²) in [5.41, 5.74) is 2.82. The minimum Gasteiger partial charge on any atom is -0.486 e. The zero-order valence-electron chi connectivity index (χ0n) is 22.1. The molecule has 1 aliphatic carbocycles. The molecule has 0 spiro atoms. The van der Waals surface area contributed by atoms with Crippen LogP contribution in [0.15, 0.2) is 42.6 Å². The Morgan fingerprint density at radius 2 is 1.92 bits per heavy atom. The van der Waals surface area contributed by atoms with E-state index in [1.165, 1.54) is 5.56 Å². The van der Waals surface area contributed by atoms with E-state index in [0.717, 1.165) is 55.3 Å². The van der Waals surface area contributed by atoms with E-state index < -0.39 is 0 Å². The van der Waals surface area contributed by atoms with E-state index in [-0.39, 0.29) is 11.9 Å². The molecule has 2 heterocycles. The Balaban J connectivity index is 1.28. The van der Waals surface area contributed by atoms with Crippen molar-refractivity contribution in [2.75, 3.05) is 14.1 Å². The number of amides is 1. The largest absolute Gasteiger partial charge is 0.486 e. The lowest BCUT2D eigenvalue weighted by molar-refractivity contribution is 0.0925. The summed E-state index contributed by atoms with van der Waals surface area (Å²) in [4.78, 5) is 19.2. The van der Waals surface area contributed by atoms with Gasteiger partial charge in [-0.15, -0.1) is 10.2 Å². The highest BCUT2D eigenvalue weighted by Crippen LogP contribution is 2.32. The summed E-state index contributed by atoms with van der Waals surface area (Å²) in [6.07, 6.45) is 5.44. The number of pyridine rings is 1. The Hall–Kier alpha value is -3.26. The molecule has 3 aromatic rings. The van der Waals surface area contributed by atoms with Crippen molar-refractivity contribution < 1.29 is 9.53 Å². The van der Waals surface area contributed by atoms with E-state index in [9.17, 15) is 4.79 Å². The third-order valence-electron chi connectivity index (χ3n) is 6.88. The molecule has 1 fully saturated rings. The standard InChI is InChI=1S/C28H38N6O2/c1-19(2)21-7-6-8-25(15-21)36-18-26-31-32-27(34(26)5)20-9-12-23(13-10-20)30-28(35)22-11-14-24(29-16-22)17-33(3)4/h6-8,11,14-16,19-20,23H,9-10,12-13,17-18H2,1-5H3,(H,30,35)/t20-,23-. The van der Waals surface area contributed by atoms with Crippen LogP contribution in [0.5, 0.6) is 5.75 Å². The van der Waals surface area contributed by atoms with Gasteiger partial charge in [-0.2, -0.15) is 0 Å². The number of ether oxygens (including phenoxy) is 1. The Bertz CT molecular complexity index is 1150. The highest BCUT2D eigenvalue weighted by Gasteiger charge is 2.27.